The third-order valence-electron chi connectivity index (χ3n) is 0.241. The summed E-state index contributed by atoms with van der Waals surface area (Å²) in [6.45, 7) is -0.663. The normalized spacial score (nSPS) is 7.43. The monoisotopic (exact) mass is 105 g/mol. The molecule has 0 unspecified atom stereocenters. The average Bonchev–Trinajstić information content (AvgIpc) is 1.61. The van der Waals surface area contributed by atoms with Crippen LogP contribution in [0.15, 0.2) is 5.34 Å². The molecule has 5 heteroatoms. The van der Waals surface area contributed by atoms with Gasteiger partial charge in [0.05, 0.1) is 0 Å². The molecule has 0 heterocycles. The Morgan fingerprint density at radius 3 is 2.57 bits per heavy atom. The average molecular weight is 105 g/mol. The van der Waals surface area contributed by atoms with E-state index in [1.54, 1.807) is 0 Å². The van der Waals surface area contributed by atoms with Gasteiger partial charge in [0, 0.05) is 0 Å². The third-order valence-corrected chi connectivity index (χ3v) is 0.241. The number of aliphatic carboxylic acids is 1. The third kappa shape index (κ3) is 4.87. The van der Waals surface area contributed by atoms with Crippen LogP contribution >= 0.6 is 0 Å². The summed E-state index contributed by atoms with van der Waals surface area (Å²) >= 11 is 0. The quantitative estimate of drug-likeness (QED) is 0.397. The Morgan fingerprint density at radius 1 is 1.86 bits per heavy atom. The van der Waals surface area contributed by atoms with Crippen LogP contribution in [0.1, 0.15) is 0 Å². The highest BCUT2D eigenvalue weighted by Crippen LogP contribution is 1.70. The van der Waals surface area contributed by atoms with E-state index in [0.29, 0.717) is 0 Å². The van der Waals surface area contributed by atoms with Crippen molar-refractivity contribution in [3.05, 3.63) is 4.91 Å². The summed E-state index contributed by atoms with van der Waals surface area (Å²) in [7, 11) is 0. The van der Waals surface area contributed by atoms with E-state index in [1.165, 1.54) is 0 Å². The van der Waals surface area contributed by atoms with Gasteiger partial charge in [0.25, 0.3) is 0 Å². The molecule has 0 rings (SSSR count). The van der Waals surface area contributed by atoms with Gasteiger partial charge in [-0.05, 0) is 0 Å². The highest BCUT2D eigenvalue weighted by atomic mass is 16.7. The van der Waals surface area contributed by atoms with Crippen molar-refractivity contribution in [2.45, 2.75) is 0 Å². The molecule has 0 saturated carbocycles. The van der Waals surface area contributed by atoms with Gasteiger partial charge in [-0.15, -0.1) is 4.91 Å². The highest BCUT2D eigenvalue weighted by molar-refractivity contribution is 5.67. The van der Waals surface area contributed by atoms with Gasteiger partial charge in [0.15, 0.2) is 5.34 Å². The Kier molecular flexibility index (Phi) is 2.58. The molecule has 0 spiro atoms. The van der Waals surface area contributed by atoms with E-state index in [2.05, 4.69) is 4.84 Å². The summed E-state index contributed by atoms with van der Waals surface area (Å²) in [5, 5.41) is 9.57. The van der Waals surface area contributed by atoms with Gasteiger partial charge in [-0.2, -0.15) is 0 Å². The summed E-state index contributed by atoms with van der Waals surface area (Å²) in [5.74, 6) is -1.21. The molecule has 0 aromatic heterocycles. The lowest BCUT2D eigenvalue weighted by Gasteiger charge is -1.82. The predicted molar refractivity (Wildman–Crippen MR) is 19.4 cm³/mol. The van der Waals surface area contributed by atoms with Gasteiger partial charge in [-0.3, -0.25) is 0 Å². The first kappa shape index (κ1) is 5.87. The predicted octanol–water partition coefficient (Wildman–Crippen LogP) is -0.231. The van der Waals surface area contributed by atoms with Gasteiger partial charge in [-0.25, -0.2) is 4.79 Å². The number of hydrogen-bond acceptors (Lipinski definition) is 4. The molecule has 0 aliphatic heterocycles. The van der Waals surface area contributed by atoms with E-state index < -0.39 is 12.6 Å². The molecule has 0 aromatic rings. The van der Waals surface area contributed by atoms with Crippen LogP contribution in [-0.2, 0) is 9.63 Å². The molecule has 7 heavy (non-hydrogen) atoms. The van der Waals surface area contributed by atoms with E-state index in [9.17, 15) is 4.79 Å². The molecule has 0 aromatic carbocycles. The minimum absolute atomic E-state index is 0.663. The zero-order valence-corrected chi connectivity index (χ0v) is 3.33. The lowest BCUT2D eigenvalue weighted by Crippen LogP contribution is -2.02. The van der Waals surface area contributed by atoms with Crippen LogP contribution in [-0.4, -0.2) is 17.7 Å². The second-order valence-corrected chi connectivity index (χ2v) is 0.742. The van der Waals surface area contributed by atoms with E-state index >= 15 is 0 Å². The lowest BCUT2D eigenvalue weighted by molar-refractivity contribution is -0.142. The number of hydrogen-bond donors (Lipinski definition) is 1. The van der Waals surface area contributed by atoms with Crippen LogP contribution in [0.3, 0.4) is 0 Å². The molecule has 0 radical (unpaired) electrons. The molecule has 0 fully saturated rings. The van der Waals surface area contributed by atoms with Crippen LogP contribution < -0.4 is 0 Å². The Balaban J connectivity index is 2.97. The first-order valence-corrected chi connectivity index (χ1v) is 1.44. The minimum Gasteiger partial charge on any atom is -0.479 e. The zero-order chi connectivity index (χ0) is 5.70. The van der Waals surface area contributed by atoms with E-state index in [0.717, 1.165) is 0 Å². The molecule has 5 nitrogen and oxygen atoms in total. The van der Waals surface area contributed by atoms with Gasteiger partial charge < -0.3 is 9.94 Å². The van der Waals surface area contributed by atoms with E-state index in [1.807, 2.05) is 5.34 Å². The summed E-state index contributed by atoms with van der Waals surface area (Å²) in [4.78, 5) is 22.0. The first-order chi connectivity index (χ1) is 3.27. The largest absolute Gasteiger partial charge is 0.479 e. The standard InChI is InChI=1S/C2H3NO4/c4-2(5)1-7-3-6/h1H2,(H,4,5). The SMILES string of the molecule is O=NOCC(=O)O. The molecule has 1 N–H and O–H groups in total. The van der Waals surface area contributed by atoms with Gasteiger partial charge >= 0.3 is 5.97 Å². The first-order valence-electron chi connectivity index (χ1n) is 1.44. The Morgan fingerprint density at radius 2 is 2.43 bits per heavy atom. The number of carboxylic acid groups (broad SMARTS) is 1. The number of rotatable bonds is 3. The van der Waals surface area contributed by atoms with Crippen LogP contribution in [0.5, 0.6) is 0 Å². The van der Waals surface area contributed by atoms with Crippen molar-refractivity contribution >= 4 is 5.97 Å². The smallest absolute Gasteiger partial charge is 0.344 e. The highest BCUT2D eigenvalue weighted by Gasteiger charge is 1.92. The van der Waals surface area contributed by atoms with Gasteiger partial charge in [0.1, 0.15) is 0 Å². The Bertz CT molecular complexity index is 79.8. The Hall–Kier alpha value is -1.13. The maximum absolute atomic E-state index is 9.43. The number of nitrogens with zero attached hydrogens (tertiary/aromatic N) is 1. The minimum atomic E-state index is -1.21. The zero-order valence-electron chi connectivity index (χ0n) is 3.33. The summed E-state index contributed by atoms with van der Waals surface area (Å²) in [6, 6.07) is 0. The van der Waals surface area contributed by atoms with Crippen molar-refractivity contribution in [3.63, 3.8) is 0 Å². The van der Waals surface area contributed by atoms with Crippen LogP contribution in [0.25, 0.3) is 0 Å². The van der Waals surface area contributed by atoms with E-state index in [4.69, 9.17) is 10.0 Å². The van der Waals surface area contributed by atoms with Gasteiger partial charge in [0.2, 0.25) is 6.61 Å². The fourth-order valence-electron chi connectivity index (χ4n) is 0.0816. The van der Waals surface area contributed by atoms with Crippen molar-refractivity contribution in [1.29, 1.82) is 0 Å². The summed E-state index contributed by atoms with van der Waals surface area (Å²) in [5.41, 5.74) is 0. The molecule has 0 aliphatic rings. The van der Waals surface area contributed by atoms with Crippen molar-refractivity contribution in [2.75, 3.05) is 6.61 Å². The molecule has 40 valence electrons. The van der Waals surface area contributed by atoms with Crippen molar-refractivity contribution in [2.24, 2.45) is 5.34 Å². The van der Waals surface area contributed by atoms with Crippen molar-refractivity contribution in [3.8, 4) is 0 Å². The maximum atomic E-state index is 9.43. The topological polar surface area (TPSA) is 76.0 Å². The van der Waals surface area contributed by atoms with E-state index in [-0.39, 0.29) is 0 Å². The second kappa shape index (κ2) is 3.08. The van der Waals surface area contributed by atoms with Crippen molar-refractivity contribution in [1.82, 2.24) is 0 Å². The summed E-state index contributed by atoms with van der Waals surface area (Å²) < 4.78 is 0. The molecule has 0 atom stereocenters. The molecule has 0 saturated heterocycles. The van der Waals surface area contributed by atoms with Crippen LogP contribution in [0.4, 0.5) is 0 Å². The molecule has 0 bridgehead atoms. The Labute approximate surface area is 38.8 Å². The maximum Gasteiger partial charge on any atom is 0.344 e. The number of carbonyl (C=O) groups is 1. The van der Waals surface area contributed by atoms with Crippen LogP contribution in [0.2, 0.25) is 0 Å². The van der Waals surface area contributed by atoms with Gasteiger partial charge in [-0.1, -0.05) is 0 Å². The second-order valence-electron chi connectivity index (χ2n) is 0.742. The molecular formula is C2H3NO4. The van der Waals surface area contributed by atoms with Crippen LogP contribution in [0, 0.1) is 4.91 Å². The molecule has 0 aliphatic carbocycles. The van der Waals surface area contributed by atoms with Crippen molar-refractivity contribution < 1.29 is 14.7 Å². The lowest BCUT2D eigenvalue weighted by atomic mass is 10.8. The summed E-state index contributed by atoms with van der Waals surface area (Å²) in [6.07, 6.45) is 0. The fourth-order valence-corrected chi connectivity index (χ4v) is 0.0816. The fraction of sp³-hybridized carbons (Fsp3) is 0.500. The number of carboxylic acids is 1. The molecule has 0 amide bonds. The molecular weight excluding hydrogens is 102 g/mol.